The second kappa shape index (κ2) is 2.97. The molecule has 6 rings (SSSR count). The van der Waals surface area contributed by atoms with Gasteiger partial charge in [0.1, 0.15) is 0 Å². The Kier molecular flexibility index (Phi) is 1.58. The minimum Gasteiger partial charge on any atom is -0.392 e. The van der Waals surface area contributed by atoms with Crippen molar-refractivity contribution >= 4 is 0 Å². The molecule has 0 saturated heterocycles. The predicted molar refractivity (Wildman–Crippen MR) is 70.2 cm³/mol. The molecule has 0 radical (unpaired) electrons. The molecule has 1 heteroatoms. The van der Waals surface area contributed by atoms with Gasteiger partial charge in [0.25, 0.3) is 0 Å². The molecule has 5 aliphatic carbocycles. The Morgan fingerprint density at radius 3 is 1.72 bits per heavy atom. The molecule has 18 heavy (non-hydrogen) atoms. The highest BCUT2D eigenvalue weighted by Crippen LogP contribution is 2.64. The summed E-state index contributed by atoms with van der Waals surface area (Å²) in [6.45, 7) is 0. The molecular weight excluding hydrogens is 220 g/mol. The minimum absolute atomic E-state index is 0.126. The Morgan fingerprint density at radius 1 is 0.722 bits per heavy atom. The molecule has 6 atom stereocenters. The van der Waals surface area contributed by atoms with Crippen LogP contribution in [-0.4, -0.2) is 11.2 Å². The number of benzene rings is 1. The van der Waals surface area contributed by atoms with Crippen LogP contribution in [0, 0.1) is 23.7 Å². The lowest BCUT2D eigenvalue weighted by atomic mass is 9.57. The van der Waals surface area contributed by atoms with E-state index in [1.54, 1.807) is 0 Å². The fourth-order valence-electron chi connectivity index (χ4n) is 5.16. The molecule has 5 aliphatic rings. The normalized spacial score (nSPS) is 49.5. The third-order valence-corrected chi connectivity index (χ3v) is 5.75. The summed E-state index contributed by atoms with van der Waals surface area (Å²) in [6, 6.07) is 8.88. The fraction of sp³-hybridized carbons (Fsp3) is 0.412. The number of hydrogen-bond donors (Lipinski definition) is 1. The molecule has 1 N–H and O–H groups in total. The summed E-state index contributed by atoms with van der Waals surface area (Å²) in [4.78, 5) is 0. The van der Waals surface area contributed by atoms with E-state index in [1.807, 2.05) is 0 Å². The van der Waals surface area contributed by atoms with Crippen molar-refractivity contribution in [2.75, 3.05) is 0 Å². The third kappa shape index (κ3) is 0.883. The van der Waals surface area contributed by atoms with E-state index in [0.717, 1.165) is 0 Å². The third-order valence-electron chi connectivity index (χ3n) is 5.75. The molecule has 1 saturated carbocycles. The molecule has 0 aliphatic heterocycles. The van der Waals surface area contributed by atoms with E-state index in [9.17, 15) is 5.11 Å². The van der Waals surface area contributed by atoms with Crippen molar-refractivity contribution in [1.82, 2.24) is 0 Å². The average molecular weight is 236 g/mol. The maximum Gasteiger partial charge on any atom is 0.0671 e. The van der Waals surface area contributed by atoms with Gasteiger partial charge in [-0.05, 0) is 23.0 Å². The van der Waals surface area contributed by atoms with Gasteiger partial charge in [0, 0.05) is 23.7 Å². The van der Waals surface area contributed by atoms with E-state index in [0.29, 0.717) is 35.5 Å². The quantitative estimate of drug-likeness (QED) is 0.687. The van der Waals surface area contributed by atoms with Crippen molar-refractivity contribution in [3.8, 4) is 0 Å². The largest absolute Gasteiger partial charge is 0.392 e. The van der Waals surface area contributed by atoms with E-state index in [1.165, 1.54) is 11.1 Å². The molecule has 1 aromatic rings. The molecular formula is C17H16O. The second-order valence-electron chi connectivity index (χ2n) is 6.25. The summed E-state index contributed by atoms with van der Waals surface area (Å²) in [5, 5.41) is 10.4. The first-order chi connectivity index (χ1) is 8.86. The summed E-state index contributed by atoms with van der Waals surface area (Å²) < 4.78 is 0. The smallest absolute Gasteiger partial charge is 0.0671 e. The van der Waals surface area contributed by atoms with Gasteiger partial charge in [-0.2, -0.15) is 0 Å². The van der Waals surface area contributed by atoms with Gasteiger partial charge in [0.2, 0.25) is 0 Å². The standard InChI is InChI=1S/C17H16O/c18-17-13-7-8-14(17)16-12-6-5-11(15(13)16)9-3-1-2-4-10(9)12/h1-8,11-18H/t11-,12-,13-,14-,15+,16+/m0/s1. The highest BCUT2D eigenvalue weighted by atomic mass is 16.3. The molecule has 0 heterocycles. The molecule has 0 unspecified atom stereocenters. The van der Waals surface area contributed by atoms with Crippen LogP contribution >= 0.6 is 0 Å². The van der Waals surface area contributed by atoms with Crippen LogP contribution in [0.5, 0.6) is 0 Å². The van der Waals surface area contributed by atoms with Crippen LogP contribution in [0.3, 0.4) is 0 Å². The van der Waals surface area contributed by atoms with Gasteiger partial charge in [0.15, 0.2) is 0 Å². The van der Waals surface area contributed by atoms with Gasteiger partial charge in [0.05, 0.1) is 6.10 Å². The lowest BCUT2D eigenvalue weighted by molar-refractivity contribution is 0.127. The lowest BCUT2D eigenvalue weighted by Crippen LogP contribution is -2.37. The molecule has 0 amide bonds. The monoisotopic (exact) mass is 236 g/mol. The van der Waals surface area contributed by atoms with Crippen molar-refractivity contribution in [3.63, 3.8) is 0 Å². The van der Waals surface area contributed by atoms with Crippen molar-refractivity contribution in [3.05, 3.63) is 59.7 Å². The molecule has 90 valence electrons. The SMILES string of the molecule is OC1[C@H]2C=C[C@H]1[C@@H]1[C@@H]2[C@H]2C=C[C@H]1c1ccccc12. The molecule has 0 spiro atoms. The van der Waals surface area contributed by atoms with Crippen LogP contribution in [0.1, 0.15) is 23.0 Å². The van der Waals surface area contributed by atoms with Crippen molar-refractivity contribution in [1.29, 1.82) is 0 Å². The summed E-state index contributed by atoms with van der Waals surface area (Å²) in [5.41, 5.74) is 3.03. The summed E-state index contributed by atoms with van der Waals surface area (Å²) in [5.74, 6) is 3.13. The lowest BCUT2D eigenvalue weighted by Gasteiger charge is -2.46. The van der Waals surface area contributed by atoms with E-state index in [4.69, 9.17) is 0 Å². The number of aliphatic hydroxyl groups excluding tert-OH is 1. The fourth-order valence-corrected chi connectivity index (χ4v) is 5.16. The number of aliphatic hydroxyl groups is 1. The van der Waals surface area contributed by atoms with Gasteiger partial charge in [-0.15, -0.1) is 0 Å². The van der Waals surface area contributed by atoms with Crippen LogP contribution in [0.25, 0.3) is 0 Å². The second-order valence-corrected chi connectivity index (χ2v) is 6.25. The number of hydrogen-bond acceptors (Lipinski definition) is 1. The highest BCUT2D eigenvalue weighted by Gasteiger charge is 2.59. The Bertz CT molecular complexity index is 536. The summed E-state index contributed by atoms with van der Waals surface area (Å²) >= 11 is 0. The number of allylic oxidation sites excluding steroid dienone is 2. The van der Waals surface area contributed by atoms with Crippen molar-refractivity contribution < 1.29 is 5.11 Å². The Morgan fingerprint density at radius 2 is 1.22 bits per heavy atom. The van der Waals surface area contributed by atoms with Gasteiger partial charge >= 0.3 is 0 Å². The van der Waals surface area contributed by atoms with Gasteiger partial charge in [-0.1, -0.05) is 48.6 Å². The molecule has 1 nitrogen and oxygen atoms in total. The zero-order chi connectivity index (χ0) is 11.9. The van der Waals surface area contributed by atoms with Crippen LogP contribution < -0.4 is 0 Å². The first kappa shape index (κ1) is 9.57. The predicted octanol–water partition coefficient (Wildman–Crippen LogP) is 2.85. The van der Waals surface area contributed by atoms with Crippen LogP contribution in [-0.2, 0) is 0 Å². The molecule has 1 fully saturated rings. The number of fused-ring (bicyclic) bond motifs is 2. The Balaban J connectivity index is 1.75. The van der Waals surface area contributed by atoms with E-state index in [2.05, 4.69) is 48.6 Å². The van der Waals surface area contributed by atoms with Crippen LogP contribution in [0.2, 0.25) is 0 Å². The van der Waals surface area contributed by atoms with Crippen LogP contribution in [0.4, 0.5) is 0 Å². The van der Waals surface area contributed by atoms with Gasteiger partial charge in [-0.3, -0.25) is 0 Å². The maximum absolute atomic E-state index is 10.4. The van der Waals surface area contributed by atoms with Gasteiger partial charge < -0.3 is 5.11 Å². The van der Waals surface area contributed by atoms with E-state index >= 15 is 0 Å². The number of rotatable bonds is 0. The Labute approximate surface area is 107 Å². The summed E-state index contributed by atoms with van der Waals surface area (Å²) in [7, 11) is 0. The Hall–Kier alpha value is -1.34. The van der Waals surface area contributed by atoms with Crippen LogP contribution in [0.15, 0.2) is 48.6 Å². The average Bonchev–Trinajstić information content (AvgIpc) is 2.94. The zero-order valence-electron chi connectivity index (χ0n) is 10.1. The molecule has 0 aromatic heterocycles. The van der Waals surface area contributed by atoms with Crippen molar-refractivity contribution in [2.45, 2.75) is 17.9 Å². The molecule has 4 bridgehead atoms. The minimum atomic E-state index is -0.126. The first-order valence-corrected chi connectivity index (χ1v) is 7.00. The van der Waals surface area contributed by atoms with E-state index in [-0.39, 0.29) is 6.10 Å². The van der Waals surface area contributed by atoms with Crippen molar-refractivity contribution in [2.24, 2.45) is 23.7 Å². The summed E-state index contributed by atoms with van der Waals surface area (Å²) in [6.07, 6.45) is 9.21. The molecule has 1 aromatic carbocycles. The van der Waals surface area contributed by atoms with E-state index < -0.39 is 0 Å². The first-order valence-electron chi connectivity index (χ1n) is 7.00. The topological polar surface area (TPSA) is 20.2 Å². The van der Waals surface area contributed by atoms with Gasteiger partial charge in [-0.25, -0.2) is 0 Å². The zero-order valence-corrected chi connectivity index (χ0v) is 10.1. The highest BCUT2D eigenvalue weighted by molar-refractivity contribution is 5.49. The maximum atomic E-state index is 10.4.